The van der Waals surface area contributed by atoms with E-state index >= 15 is 0 Å². The minimum Gasteiger partial charge on any atom is -0.493 e. The summed E-state index contributed by atoms with van der Waals surface area (Å²) in [6.07, 6.45) is -0.861. The number of aromatic carboxylic acids is 1. The van der Waals surface area contributed by atoms with Gasteiger partial charge in [-0.3, -0.25) is 0 Å². The van der Waals surface area contributed by atoms with E-state index in [2.05, 4.69) is 22.4 Å². The summed E-state index contributed by atoms with van der Waals surface area (Å²) < 4.78 is 61.7. The second kappa shape index (κ2) is 12.4. The molecule has 1 saturated carbocycles. The fourth-order valence-corrected chi connectivity index (χ4v) is 4.45. The standard InChI is InChI=1S/C14H21NO2.C12H7F4NO2S/c1-16-13-6-5-11(9-14(13)17-2)7-8-15-10-12-3-4-12;1-5-17-9(11(18)19)10(20-5)6-2-7(12(14,15)16)4-8(13)3-6/h5-6,9,12,15H,3-4,7-8,10H2,1-2H3;2-4H,1H3,(H,18,19). The average Bonchev–Trinajstić information content (AvgIpc) is 3.59. The third-order valence-electron chi connectivity index (χ3n) is 5.59. The quantitative estimate of drug-likeness (QED) is 0.248. The summed E-state index contributed by atoms with van der Waals surface area (Å²) in [6.45, 7) is 3.73. The Balaban J connectivity index is 0.000000208. The van der Waals surface area contributed by atoms with Gasteiger partial charge >= 0.3 is 12.1 Å². The third kappa shape index (κ3) is 8.16. The van der Waals surface area contributed by atoms with E-state index < -0.39 is 23.5 Å². The van der Waals surface area contributed by atoms with Gasteiger partial charge in [0.15, 0.2) is 17.2 Å². The highest BCUT2D eigenvalue weighted by Gasteiger charge is 2.32. The monoisotopic (exact) mass is 540 g/mol. The maximum Gasteiger partial charge on any atom is 0.416 e. The van der Waals surface area contributed by atoms with E-state index in [9.17, 15) is 22.4 Å². The van der Waals surface area contributed by atoms with Crippen molar-refractivity contribution in [3.8, 4) is 21.9 Å². The van der Waals surface area contributed by atoms with Crippen LogP contribution in [0.1, 0.15) is 39.5 Å². The highest BCUT2D eigenvalue weighted by atomic mass is 32.1. The molecule has 11 heteroatoms. The maximum atomic E-state index is 13.3. The average molecular weight is 541 g/mol. The van der Waals surface area contributed by atoms with Crippen molar-refractivity contribution in [3.63, 3.8) is 0 Å². The summed E-state index contributed by atoms with van der Waals surface area (Å²) in [7, 11) is 3.34. The SMILES string of the molecule is COc1ccc(CCNCC2CC2)cc1OC.Cc1nc(C(=O)O)c(-c2cc(F)cc(C(F)(F)F)c2)s1. The highest BCUT2D eigenvalue weighted by Crippen LogP contribution is 2.36. The zero-order valence-corrected chi connectivity index (χ0v) is 21.4. The molecule has 0 atom stereocenters. The summed E-state index contributed by atoms with van der Waals surface area (Å²) in [5, 5.41) is 12.8. The largest absolute Gasteiger partial charge is 0.493 e. The van der Waals surface area contributed by atoms with E-state index in [4.69, 9.17) is 14.6 Å². The number of halogens is 4. The number of nitrogens with zero attached hydrogens (tertiary/aromatic N) is 1. The minimum atomic E-state index is -4.71. The maximum absolute atomic E-state index is 13.3. The summed E-state index contributed by atoms with van der Waals surface area (Å²) >= 11 is 0.898. The van der Waals surface area contributed by atoms with Crippen molar-refractivity contribution < 1.29 is 36.9 Å². The summed E-state index contributed by atoms with van der Waals surface area (Å²) in [6, 6.07) is 8.04. The molecule has 2 N–H and O–H groups in total. The van der Waals surface area contributed by atoms with Crippen LogP contribution in [0.2, 0.25) is 0 Å². The van der Waals surface area contributed by atoms with Gasteiger partial charge in [-0.25, -0.2) is 14.2 Å². The van der Waals surface area contributed by atoms with Crippen molar-refractivity contribution in [3.05, 3.63) is 64.0 Å². The van der Waals surface area contributed by atoms with Crippen molar-refractivity contribution in [2.45, 2.75) is 32.4 Å². The summed E-state index contributed by atoms with van der Waals surface area (Å²) in [4.78, 5) is 14.7. The number of thiazole rings is 1. The number of hydrogen-bond donors (Lipinski definition) is 2. The topological polar surface area (TPSA) is 80.7 Å². The molecule has 37 heavy (non-hydrogen) atoms. The number of carbonyl (C=O) groups is 1. The zero-order valence-electron chi connectivity index (χ0n) is 20.6. The summed E-state index contributed by atoms with van der Waals surface area (Å²) in [5.74, 6) is 0.0918. The van der Waals surface area contributed by atoms with Crippen LogP contribution in [0.15, 0.2) is 36.4 Å². The minimum absolute atomic E-state index is 0.000000000000000222. The first kappa shape index (κ1) is 28.4. The van der Waals surface area contributed by atoms with Crippen molar-refractivity contribution in [1.29, 1.82) is 0 Å². The summed E-state index contributed by atoms with van der Waals surface area (Å²) in [5.41, 5.74) is -0.424. The van der Waals surface area contributed by atoms with Gasteiger partial charge in [-0.1, -0.05) is 6.07 Å². The lowest BCUT2D eigenvalue weighted by atomic mass is 10.1. The Morgan fingerprint density at radius 3 is 2.43 bits per heavy atom. The van der Waals surface area contributed by atoms with Crippen molar-refractivity contribution in [2.75, 3.05) is 27.3 Å². The van der Waals surface area contributed by atoms with Crippen LogP contribution in [0, 0.1) is 18.7 Å². The number of hydrogen-bond acceptors (Lipinski definition) is 6. The molecule has 0 saturated heterocycles. The number of carboxylic acid groups (broad SMARTS) is 1. The molecule has 1 aromatic heterocycles. The van der Waals surface area contributed by atoms with E-state index in [1.807, 2.05) is 6.07 Å². The molecule has 0 amide bonds. The smallest absolute Gasteiger partial charge is 0.416 e. The Bertz CT molecular complexity index is 1230. The lowest BCUT2D eigenvalue weighted by Crippen LogP contribution is -2.19. The number of nitrogens with one attached hydrogen (secondary N) is 1. The third-order valence-corrected chi connectivity index (χ3v) is 6.61. The fourth-order valence-electron chi connectivity index (χ4n) is 3.55. The van der Waals surface area contributed by atoms with Gasteiger partial charge in [0.1, 0.15) is 5.82 Å². The molecular formula is C26H28F4N2O4S. The van der Waals surface area contributed by atoms with Crippen LogP contribution in [-0.2, 0) is 12.6 Å². The molecule has 1 aliphatic rings. The molecule has 0 unspecified atom stereocenters. The molecule has 1 heterocycles. The predicted molar refractivity (Wildman–Crippen MR) is 133 cm³/mol. The van der Waals surface area contributed by atoms with Crippen LogP contribution in [0.3, 0.4) is 0 Å². The molecule has 0 radical (unpaired) electrons. The van der Waals surface area contributed by atoms with Gasteiger partial charge in [0, 0.05) is 0 Å². The van der Waals surface area contributed by atoms with Crippen LogP contribution < -0.4 is 14.8 Å². The Labute approximate surface area is 216 Å². The molecule has 3 aromatic rings. The first-order valence-electron chi connectivity index (χ1n) is 11.5. The van der Waals surface area contributed by atoms with Crippen LogP contribution in [-0.4, -0.2) is 43.4 Å². The second-order valence-corrected chi connectivity index (χ2v) is 9.73. The fraction of sp³-hybridized carbons (Fsp3) is 0.385. The number of carboxylic acids is 1. The van der Waals surface area contributed by atoms with Crippen LogP contribution in [0.5, 0.6) is 11.5 Å². The van der Waals surface area contributed by atoms with Gasteiger partial charge < -0.3 is 19.9 Å². The number of ether oxygens (including phenoxy) is 2. The first-order valence-corrected chi connectivity index (χ1v) is 12.3. The molecule has 4 rings (SSSR count). The molecule has 6 nitrogen and oxygen atoms in total. The van der Waals surface area contributed by atoms with Gasteiger partial charge in [-0.15, -0.1) is 11.3 Å². The van der Waals surface area contributed by atoms with Gasteiger partial charge in [0.2, 0.25) is 0 Å². The number of methoxy groups -OCH3 is 2. The van der Waals surface area contributed by atoms with Crippen molar-refractivity contribution >= 4 is 17.3 Å². The molecule has 0 bridgehead atoms. The Morgan fingerprint density at radius 2 is 1.84 bits per heavy atom. The second-order valence-electron chi connectivity index (χ2n) is 8.53. The first-order chi connectivity index (χ1) is 17.5. The lowest BCUT2D eigenvalue weighted by molar-refractivity contribution is -0.137. The normalized spacial score (nSPS) is 13.1. The van der Waals surface area contributed by atoms with E-state index in [0.29, 0.717) is 17.1 Å². The van der Waals surface area contributed by atoms with Crippen LogP contribution in [0.4, 0.5) is 17.6 Å². The number of aromatic nitrogens is 1. The predicted octanol–water partition coefficient (Wildman–Crippen LogP) is 6.22. The highest BCUT2D eigenvalue weighted by molar-refractivity contribution is 7.15. The van der Waals surface area contributed by atoms with Crippen LogP contribution in [0.25, 0.3) is 10.4 Å². The van der Waals surface area contributed by atoms with Gasteiger partial charge in [-0.2, -0.15) is 13.2 Å². The lowest BCUT2D eigenvalue weighted by Gasteiger charge is -2.09. The molecule has 1 fully saturated rings. The van der Waals surface area contributed by atoms with E-state index in [1.54, 1.807) is 14.2 Å². The van der Waals surface area contributed by atoms with E-state index in [0.717, 1.165) is 47.8 Å². The van der Waals surface area contributed by atoms with Gasteiger partial charge in [0.25, 0.3) is 0 Å². The molecule has 0 spiro atoms. The molecule has 2 aromatic carbocycles. The molecule has 200 valence electrons. The number of rotatable bonds is 9. The molecule has 0 aliphatic heterocycles. The van der Waals surface area contributed by atoms with Crippen LogP contribution >= 0.6 is 11.3 Å². The van der Waals surface area contributed by atoms with E-state index in [1.165, 1.54) is 31.9 Å². The Kier molecular flexibility index (Phi) is 9.50. The Hall–Kier alpha value is -3.18. The number of alkyl halides is 3. The zero-order chi connectivity index (χ0) is 27.2. The van der Waals surface area contributed by atoms with Crippen molar-refractivity contribution in [2.24, 2.45) is 5.92 Å². The number of aryl methyl sites for hydroxylation is 1. The molecular weight excluding hydrogens is 512 g/mol. The molecule has 1 aliphatic carbocycles. The number of benzene rings is 2. The Morgan fingerprint density at radius 1 is 1.14 bits per heavy atom. The van der Waals surface area contributed by atoms with E-state index in [-0.39, 0.29) is 16.1 Å². The van der Waals surface area contributed by atoms with Crippen molar-refractivity contribution in [1.82, 2.24) is 10.3 Å². The van der Waals surface area contributed by atoms with Gasteiger partial charge in [0.05, 0.1) is 29.7 Å². The van der Waals surface area contributed by atoms with Gasteiger partial charge in [-0.05, 0) is 86.7 Å².